The Hall–Kier alpha value is -1.77. The third-order valence-electron chi connectivity index (χ3n) is 4.21. The zero-order valence-electron chi connectivity index (χ0n) is 11.7. The Morgan fingerprint density at radius 3 is 2.86 bits per heavy atom. The lowest BCUT2D eigenvalue weighted by Gasteiger charge is -2.25. The summed E-state index contributed by atoms with van der Waals surface area (Å²) in [5.74, 6) is -0.599. The number of halogens is 1. The highest BCUT2D eigenvalue weighted by Gasteiger charge is 2.51. The summed E-state index contributed by atoms with van der Waals surface area (Å²) >= 11 is 0. The molecule has 0 bridgehead atoms. The fraction of sp³-hybridized carbons (Fsp3) is 0.538. The van der Waals surface area contributed by atoms with Crippen molar-refractivity contribution in [1.82, 2.24) is 14.6 Å². The molecule has 2 aromatic rings. The van der Waals surface area contributed by atoms with Gasteiger partial charge in [-0.15, -0.1) is 0 Å². The lowest BCUT2D eigenvalue weighted by Crippen LogP contribution is -2.39. The molecule has 0 radical (unpaired) electrons. The van der Waals surface area contributed by atoms with Crippen LogP contribution < -0.4 is 5.73 Å². The van der Waals surface area contributed by atoms with Crippen molar-refractivity contribution in [2.45, 2.75) is 44.2 Å². The van der Waals surface area contributed by atoms with E-state index in [-0.39, 0.29) is 11.3 Å². The van der Waals surface area contributed by atoms with Gasteiger partial charge in [-0.3, -0.25) is 0 Å². The van der Waals surface area contributed by atoms with E-state index in [9.17, 15) is 14.6 Å². The van der Waals surface area contributed by atoms with Gasteiger partial charge >= 0.3 is 0 Å². The van der Waals surface area contributed by atoms with Crippen molar-refractivity contribution >= 4 is 11.3 Å². The Balaban J connectivity index is 2.12. The smallest absolute Gasteiger partial charge is 0.154 e. The molecule has 21 heavy (non-hydrogen) atoms. The number of aliphatic hydroxyl groups excluding tert-OH is 2. The highest BCUT2D eigenvalue weighted by Crippen LogP contribution is 2.42. The normalized spacial score (nSPS) is 32.9. The van der Waals surface area contributed by atoms with Crippen molar-refractivity contribution in [3.8, 4) is 0 Å². The second-order valence-electron chi connectivity index (χ2n) is 5.46. The van der Waals surface area contributed by atoms with E-state index in [1.165, 1.54) is 16.9 Å². The van der Waals surface area contributed by atoms with Gasteiger partial charge in [0.05, 0.1) is 11.3 Å². The SMILES string of the molecule is CC[C@@]1(C)O[C@@H](c2cc(F)c3c(N)ncnn23)[C@H](O)[C@@H]1O. The van der Waals surface area contributed by atoms with E-state index >= 15 is 0 Å². The second-order valence-corrected chi connectivity index (χ2v) is 5.46. The molecule has 1 saturated heterocycles. The lowest BCUT2D eigenvalue weighted by atomic mass is 9.94. The van der Waals surface area contributed by atoms with Crippen LogP contribution >= 0.6 is 0 Å². The molecule has 0 unspecified atom stereocenters. The van der Waals surface area contributed by atoms with E-state index < -0.39 is 29.7 Å². The average Bonchev–Trinajstić information content (AvgIpc) is 2.91. The van der Waals surface area contributed by atoms with E-state index in [1.54, 1.807) is 6.92 Å². The topological polar surface area (TPSA) is 106 Å². The Morgan fingerprint density at radius 1 is 1.52 bits per heavy atom. The summed E-state index contributed by atoms with van der Waals surface area (Å²) in [6.07, 6.45) is -1.44. The summed E-state index contributed by atoms with van der Waals surface area (Å²) in [6.45, 7) is 3.55. The van der Waals surface area contributed by atoms with Gasteiger partial charge in [-0.25, -0.2) is 13.9 Å². The molecule has 0 aromatic carbocycles. The van der Waals surface area contributed by atoms with Crippen molar-refractivity contribution in [2.75, 3.05) is 5.73 Å². The third kappa shape index (κ3) is 1.90. The predicted octanol–water partition coefficient (Wildman–Crippen LogP) is 0.412. The monoisotopic (exact) mass is 296 g/mol. The zero-order valence-corrected chi connectivity index (χ0v) is 11.7. The molecule has 3 rings (SSSR count). The van der Waals surface area contributed by atoms with Gasteiger partial charge in [0.2, 0.25) is 0 Å². The Kier molecular flexibility index (Phi) is 3.12. The molecule has 7 nitrogen and oxygen atoms in total. The standard InChI is InChI=1S/C13H17FN4O3/c1-3-13(2)11(20)9(19)10(21-13)7-4-6(14)8-12(15)16-5-17-18(7)8/h4-5,9-11,19-20H,3H2,1-2H3,(H2,15,16,17)/t9-,10-,11-,13+/m0/s1. The fourth-order valence-corrected chi connectivity index (χ4v) is 2.73. The van der Waals surface area contributed by atoms with Crippen LogP contribution in [0.2, 0.25) is 0 Å². The predicted molar refractivity (Wildman–Crippen MR) is 71.9 cm³/mol. The third-order valence-corrected chi connectivity index (χ3v) is 4.21. The van der Waals surface area contributed by atoms with Gasteiger partial charge in [0.1, 0.15) is 30.2 Å². The minimum atomic E-state index is -1.18. The van der Waals surface area contributed by atoms with Gasteiger partial charge in [0, 0.05) is 6.07 Å². The first kappa shape index (κ1) is 14.2. The molecule has 1 fully saturated rings. The number of fused-ring (bicyclic) bond motifs is 1. The Morgan fingerprint density at radius 2 is 2.24 bits per heavy atom. The molecule has 2 aromatic heterocycles. The quantitative estimate of drug-likeness (QED) is 0.741. The van der Waals surface area contributed by atoms with Gasteiger partial charge < -0.3 is 20.7 Å². The highest BCUT2D eigenvalue weighted by atomic mass is 19.1. The van der Waals surface area contributed by atoms with Crippen molar-refractivity contribution in [2.24, 2.45) is 0 Å². The van der Waals surface area contributed by atoms with Gasteiger partial charge in [0.25, 0.3) is 0 Å². The molecule has 0 amide bonds. The minimum Gasteiger partial charge on any atom is -0.387 e. The molecule has 4 atom stereocenters. The maximum absolute atomic E-state index is 14.0. The van der Waals surface area contributed by atoms with Crippen molar-refractivity contribution in [3.63, 3.8) is 0 Å². The number of anilines is 1. The fourth-order valence-electron chi connectivity index (χ4n) is 2.73. The minimum absolute atomic E-state index is 0.0000356. The van der Waals surface area contributed by atoms with E-state index in [4.69, 9.17) is 10.5 Å². The molecular formula is C13H17FN4O3. The van der Waals surface area contributed by atoms with E-state index in [0.29, 0.717) is 12.1 Å². The van der Waals surface area contributed by atoms with Crippen LogP contribution in [-0.4, -0.2) is 42.6 Å². The first-order valence-electron chi connectivity index (χ1n) is 6.70. The summed E-state index contributed by atoms with van der Waals surface area (Å²) in [7, 11) is 0. The molecule has 1 aliphatic rings. The lowest BCUT2D eigenvalue weighted by molar-refractivity contribution is -0.0739. The van der Waals surface area contributed by atoms with E-state index in [1.807, 2.05) is 6.92 Å². The van der Waals surface area contributed by atoms with Crippen molar-refractivity contribution < 1.29 is 19.3 Å². The summed E-state index contributed by atoms with van der Waals surface area (Å²) in [5.41, 5.74) is 5.07. The average molecular weight is 296 g/mol. The number of nitrogens with zero attached hydrogens (tertiary/aromatic N) is 3. The van der Waals surface area contributed by atoms with Crippen molar-refractivity contribution in [3.05, 3.63) is 23.9 Å². The molecular weight excluding hydrogens is 279 g/mol. The van der Waals surface area contributed by atoms with Gasteiger partial charge in [0.15, 0.2) is 11.6 Å². The first-order chi connectivity index (χ1) is 9.89. The molecule has 0 aliphatic carbocycles. The Bertz CT molecular complexity index is 691. The first-order valence-corrected chi connectivity index (χ1v) is 6.70. The zero-order chi connectivity index (χ0) is 15.4. The maximum atomic E-state index is 14.0. The molecule has 114 valence electrons. The number of aromatic nitrogens is 3. The maximum Gasteiger partial charge on any atom is 0.154 e. The van der Waals surface area contributed by atoms with Crippen LogP contribution in [0.5, 0.6) is 0 Å². The highest BCUT2D eigenvalue weighted by molar-refractivity contribution is 5.66. The van der Waals surface area contributed by atoms with Crippen LogP contribution in [-0.2, 0) is 4.74 Å². The second kappa shape index (κ2) is 4.62. The Labute approximate surface area is 120 Å². The summed E-state index contributed by atoms with van der Waals surface area (Å²) in [6, 6.07) is 1.20. The summed E-state index contributed by atoms with van der Waals surface area (Å²) < 4.78 is 21.1. The number of nitrogen functional groups attached to an aromatic ring is 1. The molecule has 8 heteroatoms. The van der Waals surface area contributed by atoms with Gasteiger partial charge in [-0.2, -0.15) is 5.10 Å². The van der Waals surface area contributed by atoms with Crippen LogP contribution in [0, 0.1) is 5.82 Å². The molecule has 0 spiro atoms. The van der Waals surface area contributed by atoms with Crippen molar-refractivity contribution in [1.29, 1.82) is 0 Å². The molecule has 4 N–H and O–H groups in total. The van der Waals surface area contributed by atoms with Crippen LogP contribution in [0.1, 0.15) is 32.1 Å². The molecule has 0 saturated carbocycles. The number of ether oxygens (including phenoxy) is 1. The molecule has 3 heterocycles. The number of hydrogen-bond donors (Lipinski definition) is 3. The largest absolute Gasteiger partial charge is 0.387 e. The number of nitrogens with two attached hydrogens (primary N) is 1. The van der Waals surface area contributed by atoms with Crippen LogP contribution in [0.25, 0.3) is 5.52 Å². The molecule has 1 aliphatic heterocycles. The van der Waals surface area contributed by atoms with E-state index in [2.05, 4.69) is 10.1 Å². The number of aliphatic hydroxyl groups is 2. The van der Waals surface area contributed by atoms with Gasteiger partial charge in [-0.1, -0.05) is 6.92 Å². The van der Waals surface area contributed by atoms with Crippen LogP contribution in [0.15, 0.2) is 12.4 Å². The van der Waals surface area contributed by atoms with Crippen LogP contribution in [0.4, 0.5) is 10.2 Å². The van der Waals surface area contributed by atoms with Crippen LogP contribution in [0.3, 0.4) is 0 Å². The van der Waals surface area contributed by atoms with E-state index in [0.717, 1.165) is 0 Å². The number of rotatable bonds is 2. The summed E-state index contributed by atoms with van der Waals surface area (Å²) in [4.78, 5) is 3.74. The number of hydrogen-bond acceptors (Lipinski definition) is 6. The summed E-state index contributed by atoms with van der Waals surface area (Å²) in [5, 5.41) is 24.3. The van der Waals surface area contributed by atoms with Gasteiger partial charge in [-0.05, 0) is 13.3 Å².